The summed E-state index contributed by atoms with van der Waals surface area (Å²) in [4.78, 5) is 27.1. The van der Waals surface area contributed by atoms with Crippen molar-refractivity contribution >= 4 is 5.84 Å². The lowest BCUT2D eigenvalue weighted by atomic mass is 9.96. The minimum Gasteiger partial charge on any atom is -0.494 e. The molecule has 3 N–H and O–H groups in total. The molecule has 8 heteroatoms. The van der Waals surface area contributed by atoms with Gasteiger partial charge in [-0.05, 0) is 36.5 Å². The van der Waals surface area contributed by atoms with E-state index in [9.17, 15) is 4.79 Å². The number of aromatic nitrogens is 4. The zero-order chi connectivity index (χ0) is 25.7. The summed E-state index contributed by atoms with van der Waals surface area (Å²) >= 11 is 0. The first-order valence-corrected chi connectivity index (χ1v) is 11.9. The van der Waals surface area contributed by atoms with E-state index < -0.39 is 0 Å². The topological polar surface area (TPSA) is 120 Å². The van der Waals surface area contributed by atoms with Crippen molar-refractivity contribution in [2.45, 2.75) is 39.5 Å². The Bertz CT molecular complexity index is 1430. The number of methoxy groups -OCH3 is 1. The molecule has 0 spiro atoms. The van der Waals surface area contributed by atoms with Crippen LogP contribution in [0.1, 0.15) is 48.0 Å². The normalized spacial score (nSPS) is 10.9. The molecule has 8 nitrogen and oxygen atoms in total. The van der Waals surface area contributed by atoms with Crippen LogP contribution in [0.5, 0.6) is 5.75 Å². The van der Waals surface area contributed by atoms with E-state index >= 15 is 0 Å². The van der Waals surface area contributed by atoms with Crippen LogP contribution in [0, 0.1) is 12.3 Å². The summed E-state index contributed by atoms with van der Waals surface area (Å²) in [5.41, 5.74) is 10.6. The van der Waals surface area contributed by atoms with E-state index in [1.807, 2.05) is 48.5 Å². The highest BCUT2D eigenvalue weighted by Gasteiger charge is 2.18. The maximum Gasteiger partial charge on any atom is 0.264 e. The Kier molecular flexibility index (Phi) is 7.53. The van der Waals surface area contributed by atoms with E-state index in [2.05, 4.69) is 16.9 Å². The summed E-state index contributed by atoms with van der Waals surface area (Å²) in [5.74, 6) is 1.37. The summed E-state index contributed by atoms with van der Waals surface area (Å²) in [6.45, 7) is 3.92. The van der Waals surface area contributed by atoms with E-state index in [1.165, 1.54) is 17.0 Å². The molecule has 2 aromatic carbocycles. The number of hydrogen-bond acceptors (Lipinski definition) is 6. The number of nitrogen functional groups attached to an aromatic ring is 1. The summed E-state index contributed by atoms with van der Waals surface area (Å²) in [6.07, 6.45) is 6.21. The molecular formula is C28H30N6O2. The average molecular weight is 483 g/mol. The fourth-order valence-corrected chi connectivity index (χ4v) is 4.19. The highest BCUT2D eigenvalue weighted by atomic mass is 16.5. The zero-order valence-electron chi connectivity index (χ0n) is 20.8. The van der Waals surface area contributed by atoms with Gasteiger partial charge in [0.25, 0.3) is 5.56 Å². The second-order valence-corrected chi connectivity index (χ2v) is 8.58. The predicted octanol–water partition coefficient (Wildman–Crippen LogP) is 4.22. The number of nitrogens with zero attached hydrogens (tertiary/aromatic N) is 4. The summed E-state index contributed by atoms with van der Waals surface area (Å²) in [5, 5.41) is 7.87. The Morgan fingerprint density at radius 2 is 1.78 bits per heavy atom. The molecule has 0 aliphatic carbocycles. The van der Waals surface area contributed by atoms with E-state index in [0.717, 1.165) is 41.6 Å². The van der Waals surface area contributed by atoms with Crippen molar-refractivity contribution in [3.63, 3.8) is 0 Å². The highest BCUT2D eigenvalue weighted by molar-refractivity contribution is 6.01. The molecule has 2 heterocycles. The largest absolute Gasteiger partial charge is 0.494 e. The standard InChI is InChI=1S/C28H30N6O2/c1-4-5-10-25-24(27(35)34(18(2)33-25)28-31-16-21(36-3)17-32-28)15-19-11-13-20(14-12-19)22-8-6-7-9-23(22)26(29)30/h6-9,11-14,16-17H,4-5,10,15H2,1-3H3,(H3,29,30). The van der Waals surface area contributed by atoms with Crippen LogP contribution in [0.4, 0.5) is 0 Å². The monoisotopic (exact) mass is 482 g/mol. The molecule has 4 rings (SSSR count). The first kappa shape index (κ1) is 24.8. The third-order valence-electron chi connectivity index (χ3n) is 6.11. The summed E-state index contributed by atoms with van der Waals surface area (Å²) < 4.78 is 6.61. The molecule has 0 saturated heterocycles. The Morgan fingerprint density at radius 3 is 2.42 bits per heavy atom. The lowest BCUT2D eigenvalue weighted by molar-refractivity contribution is 0.410. The molecule has 184 valence electrons. The number of rotatable bonds is 9. The molecule has 0 bridgehead atoms. The third kappa shape index (κ3) is 5.17. The van der Waals surface area contributed by atoms with Crippen LogP contribution in [0.2, 0.25) is 0 Å². The molecule has 0 atom stereocenters. The fraction of sp³-hybridized carbons (Fsp3) is 0.250. The van der Waals surface area contributed by atoms with Gasteiger partial charge in [-0.15, -0.1) is 0 Å². The van der Waals surface area contributed by atoms with Gasteiger partial charge in [0.15, 0.2) is 5.75 Å². The fourth-order valence-electron chi connectivity index (χ4n) is 4.19. The molecule has 2 aromatic heterocycles. The van der Waals surface area contributed by atoms with Crippen molar-refractivity contribution in [2.24, 2.45) is 5.73 Å². The third-order valence-corrected chi connectivity index (χ3v) is 6.11. The second-order valence-electron chi connectivity index (χ2n) is 8.58. The van der Waals surface area contributed by atoms with Gasteiger partial charge in [-0.1, -0.05) is 61.9 Å². The summed E-state index contributed by atoms with van der Waals surface area (Å²) in [6, 6.07) is 15.6. The van der Waals surface area contributed by atoms with Crippen molar-refractivity contribution in [3.05, 3.63) is 99.5 Å². The van der Waals surface area contributed by atoms with E-state index in [0.29, 0.717) is 29.1 Å². The number of unbranched alkanes of at least 4 members (excludes halogenated alkanes) is 1. The molecule has 0 amide bonds. The SMILES string of the molecule is CCCCc1nc(C)n(-c2ncc(OC)cn2)c(=O)c1Cc1ccc(-c2ccccc2C(=N)N)cc1. The number of benzene rings is 2. The van der Waals surface area contributed by atoms with Gasteiger partial charge in [-0.3, -0.25) is 10.2 Å². The van der Waals surface area contributed by atoms with Crippen LogP contribution in [0.25, 0.3) is 17.1 Å². The number of ether oxygens (including phenoxy) is 1. The first-order valence-electron chi connectivity index (χ1n) is 11.9. The Balaban J connectivity index is 1.73. The molecule has 0 aliphatic heterocycles. The number of hydrogen-bond donors (Lipinski definition) is 2. The van der Waals surface area contributed by atoms with Gasteiger partial charge in [-0.25, -0.2) is 19.5 Å². The molecule has 0 aliphatic rings. The van der Waals surface area contributed by atoms with Gasteiger partial charge in [-0.2, -0.15) is 0 Å². The van der Waals surface area contributed by atoms with Crippen LogP contribution in [0.3, 0.4) is 0 Å². The van der Waals surface area contributed by atoms with Gasteiger partial charge in [0.1, 0.15) is 11.7 Å². The van der Waals surface area contributed by atoms with Crippen molar-refractivity contribution in [1.29, 1.82) is 5.41 Å². The number of nitrogens with two attached hydrogens (primary N) is 1. The minimum atomic E-state index is -0.162. The molecule has 0 radical (unpaired) electrons. The zero-order valence-corrected chi connectivity index (χ0v) is 20.8. The van der Waals surface area contributed by atoms with Crippen LogP contribution >= 0.6 is 0 Å². The smallest absolute Gasteiger partial charge is 0.264 e. The lowest BCUT2D eigenvalue weighted by Crippen LogP contribution is -2.29. The van der Waals surface area contributed by atoms with Gasteiger partial charge in [0.05, 0.1) is 25.2 Å². The van der Waals surface area contributed by atoms with Gasteiger partial charge < -0.3 is 10.5 Å². The first-order chi connectivity index (χ1) is 17.4. The van der Waals surface area contributed by atoms with Crippen molar-refractivity contribution in [3.8, 4) is 22.8 Å². The van der Waals surface area contributed by atoms with Crippen LogP contribution < -0.4 is 16.0 Å². The van der Waals surface area contributed by atoms with Gasteiger partial charge >= 0.3 is 0 Å². The highest BCUT2D eigenvalue weighted by Crippen LogP contribution is 2.25. The Hall–Kier alpha value is -4.33. The molecule has 0 fully saturated rings. The summed E-state index contributed by atoms with van der Waals surface area (Å²) in [7, 11) is 1.54. The van der Waals surface area contributed by atoms with Crippen LogP contribution in [-0.4, -0.2) is 32.5 Å². The molecular weight excluding hydrogens is 452 g/mol. The Labute approximate surface area is 210 Å². The molecule has 36 heavy (non-hydrogen) atoms. The van der Waals surface area contributed by atoms with Crippen molar-refractivity contribution < 1.29 is 4.74 Å². The van der Waals surface area contributed by atoms with E-state index in [1.54, 1.807) is 14.0 Å². The van der Waals surface area contributed by atoms with Crippen LogP contribution in [0.15, 0.2) is 65.7 Å². The predicted molar refractivity (Wildman–Crippen MR) is 141 cm³/mol. The molecule has 0 unspecified atom stereocenters. The maximum absolute atomic E-state index is 13.7. The molecule has 0 saturated carbocycles. The van der Waals surface area contributed by atoms with Crippen molar-refractivity contribution in [2.75, 3.05) is 7.11 Å². The van der Waals surface area contributed by atoms with Crippen molar-refractivity contribution in [1.82, 2.24) is 19.5 Å². The molecule has 4 aromatic rings. The quantitative estimate of drug-likeness (QED) is 0.272. The van der Waals surface area contributed by atoms with E-state index in [4.69, 9.17) is 20.9 Å². The van der Waals surface area contributed by atoms with E-state index in [-0.39, 0.29) is 17.3 Å². The number of aryl methyl sites for hydroxylation is 2. The van der Waals surface area contributed by atoms with Crippen LogP contribution in [-0.2, 0) is 12.8 Å². The number of nitrogens with one attached hydrogen (secondary N) is 1. The minimum absolute atomic E-state index is 0.0299. The van der Waals surface area contributed by atoms with Gasteiger partial charge in [0, 0.05) is 17.5 Å². The van der Waals surface area contributed by atoms with Gasteiger partial charge in [0.2, 0.25) is 5.95 Å². The Morgan fingerprint density at radius 1 is 1.08 bits per heavy atom. The lowest BCUT2D eigenvalue weighted by Gasteiger charge is -2.15. The second kappa shape index (κ2) is 10.9. The maximum atomic E-state index is 13.7. The number of amidine groups is 1. The average Bonchev–Trinajstić information content (AvgIpc) is 2.90.